The molecular formula is C26H32O6. The van der Waals surface area contributed by atoms with E-state index in [1.807, 2.05) is 19.1 Å². The van der Waals surface area contributed by atoms with Crippen LogP contribution in [0.4, 0.5) is 0 Å². The number of carbonyl (C=O) groups is 1. The fourth-order valence-electron chi connectivity index (χ4n) is 6.06. The third-order valence-electron chi connectivity index (χ3n) is 7.95. The highest BCUT2D eigenvalue weighted by Gasteiger charge is 2.58. The van der Waals surface area contributed by atoms with Crippen molar-refractivity contribution < 1.29 is 23.8 Å². The third kappa shape index (κ3) is 3.96. The van der Waals surface area contributed by atoms with E-state index in [1.165, 1.54) is 13.0 Å². The summed E-state index contributed by atoms with van der Waals surface area (Å²) in [6.07, 6.45) is 2.74. The monoisotopic (exact) mass is 440 g/mol. The first kappa shape index (κ1) is 22.6. The van der Waals surface area contributed by atoms with Gasteiger partial charge in [0.2, 0.25) is 0 Å². The molecule has 0 aliphatic heterocycles. The zero-order chi connectivity index (χ0) is 23.1. The smallest absolute Gasteiger partial charge is 0.336 e. The van der Waals surface area contributed by atoms with Crippen LogP contribution in [-0.2, 0) is 9.53 Å². The molecule has 2 aromatic rings. The van der Waals surface area contributed by atoms with Gasteiger partial charge < -0.3 is 19.0 Å². The van der Waals surface area contributed by atoms with Crippen molar-refractivity contribution >= 4 is 16.9 Å². The summed E-state index contributed by atoms with van der Waals surface area (Å²) in [5.41, 5.74) is 0.619. The molecule has 4 rings (SSSR count). The molecule has 0 bridgehead atoms. The van der Waals surface area contributed by atoms with E-state index in [4.69, 9.17) is 13.9 Å². The molecule has 32 heavy (non-hydrogen) atoms. The summed E-state index contributed by atoms with van der Waals surface area (Å²) in [6, 6.07) is 8.64. The lowest BCUT2D eigenvalue weighted by atomic mass is 9.46. The number of rotatable bonds is 5. The van der Waals surface area contributed by atoms with Crippen LogP contribution in [0.5, 0.6) is 5.75 Å². The molecule has 0 radical (unpaired) electrons. The van der Waals surface area contributed by atoms with Gasteiger partial charge in [-0.25, -0.2) is 4.79 Å². The lowest BCUT2D eigenvalue weighted by Crippen LogP contribution is -2.58. The van der Waals surface area contributed by atoms with E-state index in [-0.39, 0.29) is 29.8 Å². The summed E-state index contributed by atoms with van der Waals surface area (Å²) in [5.74, 6) is 0.591. The largest absolute Gasteiger partial charge is 0.493 e. The summed E-state index contributed by atoms with van der Waals surface area (Å²) in [4.78, 5) is 23.1. The number of esters is 1. The zero-order valence-electron chi connectivity index (χ0n) is 19.1. The second kappa shape index (κ2) is 8.39. The maximum Gasteiger partial charge on any atom is 0.336 e. The van der Waals surface area contributed by atoms with Gasteiger partial charge in [0.15, 0.2) is 0 Å². The maximum absolute atomic E-state index is 11.6. The first-order chi connectivity index (χ1) is 15.1. The Hall–Kier alpha value is -2.60. The van der Waals surface area contributed by atoms with Crippen LogP contribution in [0.1, 0.15) is 46.5 Å². The Labute approximate surface area is 188 Å². The van der Waals surface area contributed by atoms with Gasteiger partial charge in [-0.15, -0.1) is 0 Å². The Balaban J connectivity index is 1.57. The van der Waals surface area contributed by atoms with Crippen molar-refractivity contribution in [2.75, 3.05) is 13.2 Å². The quantitative estimate of drug-likeness (QED) is 0.419. The normalized spacial score (nSPS) is 32.4. The fourth-order valence-corrected chi connectivity index (χ4v) is 6.06. The molecule has 2 saturated carbocycles. The number of hydrogen-bond donors (Lipinski definition) is 1. The van der Waals surface area contributed by atoms with E-state index in [1.54, 1.807) is 12.1 Å². The second-order valence-corrected chi connectivity index (χ2v) is 9.91. The lowest BCUT2D eigenvalue weighted by molar-refractivity contribution is -0.174. The van der Waals surface area contributed by atoms with Gasteiger partial charge in [0.1, 0.15) is 11.3 Å². The van der Waals surface area contributed by atoms with Crippen molar-refractivity contribution in [3.8, 4) is 5.75 Å². The molecule has 2 aliphatic rings. The number of aliphatic hydroxyl groups is 1. The second-order valence-electron chi connectivity index (χ2n) is 9.91. The van der Waals surface area contributed by atoms with Crippen molar-refractivity contribution in [2.45, 2.75) is 52.6 Å². The molecule has 1 aromatic carbocycles. The number of ether oxygens (including phenoxy) is 2. The lowest BCUT2D eigenvalue weighted by Gasteiger charge is -2.59. The van der Waals surface area contributed by atoms with Crippen LogP contribution in [0.2, 0.25) is 0 Å². The molecule has 0 amide bonds. The number of fused-ring (bicyclic) bond motifs is 2. The van der Waals surface area contributed by atoms with Gasteiger partial charge in [-0.05, 0) is 55.2 Å². The molecule has 6 nitrogen and oxygen atoms in total. The molecule has 6 heteroatoms. The number of benzene rings is 1. The number of hydrogen-bond acceptors (Lipinski definition) is 6. The predicted molar refractivity (Wildman–Crippen MR) is 121 cm³/mol. The van der Waals surface area contributed by atoms with E-state index in [0.29, 0.717) is 24.4 Å². The van der Waals surface area contributed by atoms with Gasteiger partial charge in [-0.2, -0.15) is 0 Å². The van der Waals surface area contributed by atoms with E-state index >= 15 is 0 Å². The number of aliphatic hydroxyl groups excluding tert-OH is 1. The minimum absolute atomic E-state index is 0.101. The average molecular weight is 441 g/mol. The summed E-state index contributed by atoms with van der Waals surface area (Å²) in [6.45, 7) is 10.7. The highest BCUT2D eigenvalue weighted by atomic mass is 16.5. The molecular weight excluding hydrogens is 408 g/mol. The Bertz CT molecular complexity index is 1090. The molecule has 1 aromatic heterocycles. The number of carbonyl (C=O) groups excluding carboxylic acids is 1. The predicted octanol–water partition coefficient (Wildman–Crippen LogP) is 4.48. The fraction of sp³-hybridized carbons (Fsp3) is 0.538. The summed E-state index contributed by atoms with van der Waals surface area (Å²) < 4.78 is 16.9. The Morgan fingerprint density at radius 1 is 1.25 bits per heavy atom. The van der Waals surface area contributed by atoms with Gasteiger partial charge in [0, 0.05) is 35.8 Å². The van der Waals surface area contributed by atoms with E-state index < -0.39 is 17.1 Å². The van der Waals surface area contributed by atoms with Crippen LogP contribution in [0.15, 0.2) is 51.7 Å². The van der Waals surface area contributed by atoms with Gasteiger partial charge in [0.05, 0.1) is 19.3 Å². The Morgan fingerprint density at radius 2 is 2.00 bits per heavy atom. The van der Waals surface area contributed by atoms with Gasteiger partial charge >= 0.3 is 11.6 Å². The first-order valence-electron chi connectivity index (χ1n) is 11.3. The average Bonchev–Trinajstić information content (AvgIpc) is 2.74. The van der Waals surface area contributed by atoms with E-state index in [9.17, 15) is 14.7 Å². The van der Waals surface area contributed by atoms with E-state index in [0.717, 1.165) is 30.2 Å². The first-order valence-corrected chi connectivity index (χ1v) is 11.3. The van der Waals surface area contributed by atoms with Gasteiger partial charge in [0.25, 0.3) is 0 Å². The van der Waals surface area contributed by atoms with Crippen molar-refractivity contribution in [3.63, 3.8) is 0 Å². The summed E-state index contributed by atoms with van der Waals surface area (Å²) in [7, 11) is 0. The van der Waals surface area contributed by atoms with Crippen LogP contribution >= 0.6 is 0 Å². The minimum Gasteiger partial charge on any atom is -0.493 e. The minimum atomic E-state index is -0.517. The molecule has 0 unspecified atom stereocenters. The van der Waals surface area contributed by atoms with E-state index in [2.05, 4.69) is 13.5 Å². The Kier molecular flexibility index (Phi) is 5.93. The maximum atomic E-state index is 11.6. The van der Waals surface area contributed by atoms with Crippen LogP contribution in [0.3, 0.4) is 0 Å². The van der Waals surface area contributed by atoms with Gasteiger partial charge in [-0.3, -0.25) is 4.79 Å². The zero-order valence-corrected chi connectivity index (χ0v) is 19.1. The molecule has 5 atom stereocenters. The van der Waals surface area contributed by atoms with Crippen molar-refractivity contribution in [1.82, 2.24) is 0 Å². The van der Waals surface area contributed by atoms with Crippen molar-refractivity contribution in [1.29, 1.82) is 0 Å². The SMILES string of the molecule is C=C1CC[C@@H]2[C@](C)(COC(C)=O)[C@@H](O)CC[C@@]2(C)[C@@H]1COc1ccc2ccc(=O)oc2c1. The molecule has 0 saturated heterocycles. The van der Waals surface area contributed by atoms with Crippen molar-refractivity contribution in [2.24, 2.45) is 22.7 Å². The highest BCUT2D eigenvalue weighted by molar-refractivity contribution is 5.77. The van der Waals surface area contributed by atoms with Crippen LogP contribution < -0.4 is 10.4 Å². The molecule has 2 fully saturated rings. The molecule has 2 aliphatic carbocycles. The van der Waals surface area contributed by atoms with Gasteiger partial charge in [-0.1, -0.05) is 26.0 Å². The molecule has 172 valence electrons. The van der Waals surface area contributed by atoms with Crippen molar-refractivity contribution in [3.05, 3.63) is 52.9 Å². The topological polar surface area (TPSA) is 86.0 Å². The van der Waals surface area contributed by atoms with Crippen LogP contribution in [-0.4, -0.2) is 30.4 Å². The Morgan fingerprint density at radius 3 is 2.75 bits per heavy atom. The highest BCUT2D eigenvalue weighted by Crippen LogP contribution is 2.61. The standard InChI is InChI=1S/C26H32O6/c1-16-5-9-22-25(3,12-11-23(28)26(22,4)15-31-17(2)27)20(16)14-30-19-8-6-18-7-10-24(29)32-21(18)13-19/h6-8,10,13,20,22-23,28H,1,5,9,11-12,14-15H2,2-4H3/t20-,22+,23+,25+,26+/m1/s1. The van der Waals surface area contributed by atoms with Crippen LogP contribution in [0, 0.1) is 22.7 Å². The molecule has 1 N–H and O–H groups in total. The summed E-state index contributed by atoms with van der Waals surface area (Å²) >= 11 is 0. The molecule has 1 heterocycles. The molecule has 0 spiro atoms. The third-order valence-corrected chi connectivity index (χ3v) is 7.95. The van der Waals surface area contributed by atoms with Crippen LogP contribution in [0.25, 0.3) is 11.0 Å². The summed E-state index contributed by atoms with van der Waals surface area (Å²) in [5, 5.41) is 11.7.